The van der Waals surface area contributed by atoms with Crippen LogP contribution in [0.4, 0.5) is 0 Å². The minimum atomic E-state index is -0.446. The molecule has 0 saturated heterocycles. The lowest BCUT2D eigenvalue weighted by Crippen LogP contribution is -2.20. The molecular weight excluding hydrogens is 351 g/mol. The average Bonchev–Trinajstić information content (AvgIpc) is 2.72. The van der Waals surface area contributed by atoms with Crippen molar-refractivity contribution in [3.8, 4) is 0 Å². The molecule has 0 bridgehead atoms. The number of rotatable bonds is 7. The highest BCUT2D eigenvalue weighted by molar-refractivity contribution is 7.79. The van der Waals surface area contributed by atoms with Crippen LogP contribution < -0.4 is 15.9 Å². The zero-order chi connectivity index (χ0) is 19.3. The SMILES string of the molecule is C=C(OCC)OCC.c1ccc(P(c2ccccc2)c2ccccc2)cc1. The van der Waals surface area contributed by atoms with Gasteiger partial charge in [-0.05, 0) is 44.3 Å². The van der Waals surface area contributed by atoms with E-state index in [-0.39, 0.29) is 0 Å². The topological polar surface area (TPSA) is 18.5 Å². The second-order valence-electron chi connectivity index (χ2n) is 5.58. The quantitative estimate of drug-likeness (QED) is 0.427. The molecule has 0 aliphatic carbocycles. The number of ether oxygens (including phenoxy) is 2. The van der Waals surface area contributed by atoms with Crippen LogP contribution in [0, 0.1) is 0 Å². The molecule has 0 N–H and O–H groups in total. The molecule has 0 aliphatic rings. The highest BCUT2D eigenvalue weighted by Crippen LogP contribution is 2.32. The van der Waals surface area contributed by atoms with E-state index in [0.717, 1.165) is 0 Å². The van der Waals surface area contributed by atoms with E-state index in [2.05, 4.69) is 97.6 Å². The van der Waals surface area contributed by atoms with Crippen LogP contribution in [-0.4, -0.2) is 13.2 Å². The molecule has 0 fully saturated rings. The summed E-state index contributed by atoms with van der Waals surface area (Å²) in [6.45, 7) is 8.52. The Morgan fingerprint density at radius 3 is 1.19 bits per heavy atom. The Kier molecular flexibility index (Phi) is 9.17. The Balaban J connectivity index is 0.000000279. The van der Waals surface area contributed by atoms with Gasteiger partial charge in [0.15, 0.2) is 0 Å². The molecule has 0 unspecified atom stereocenters. The van der Waals surface area contributed by atoms with Crippen LogP contribution in [0.2, 0.25) is 0 Å². The normalized spacial score (nSPS) is 9.89. The Morgan fingerprint density at radius 2 is 0.926 bits per heavy atom. The minimum absolute atomic E-state index is 0.412. The molecule has 0 aliphatic heterocycles. The maximum Gasteiger partial charge on any atom is 0.271 e. The first-order valence-corrected chi connectivity index (χ1v) is 10.5. The van der Waals surface area contributed by atoms with Crippen molar-refractivity contribution in [1.29, 1.82) is 0 Å². The lowest BCUT2D eigenvalue weighted by atomic mass is 10.4. The van der Waals surface area contributed by atoms with Crippen LogP contribution >= 0.6 is 7.92 Å². The second kappa shape index (κ2) is 11.9. The maximum atomic E-state index is 4.87. The van der Waals surface area contributed by atoms with Crippen LogP contribution in [0.25, 0.3) is 0 Å². The maximum absolute atomic E-state index is 4.87. The summed E-state index contributed by atoms with van der Waals surface area (Å²) in [5.74, 6) is 0.412. The molecule has 3 rings (SSSR count). The number of hydrogen-bond donors (Lipinski definition) is 0. The number of benzene rings is 3. The van der Waals surface area contributed by atoms with Gasteiger partial charge in [-0.25, -0.2) is 0 Å². The van der Waals surface area contributed by atoms with Gasteiger partial charge < -0.3 is 9.47 Å². The van der Waals surface area contributed by atoms with E-state index in [4.69, 9.17) is 9.47 Å². The molecule has 3 aromatic rings. The summed E-state index contributed by atoms with van der Waals surface area (Å²) in [5, 5.41) is 4.19. The third-order valence-corrected chi connectivity index (χ3v) is 6.10. The molecule has 27 heavy (non-hydrogen) atoms. The molecular formula is C24H27O2P. The molecule has 0 heterocycles. The van der Waals surface area contributed by atoms with E-state index in [1.807, 2.05) is 13.8 Å². The lowest BCUT2D eigenvalue weighted by Gasteiger charge is -2.18. The summed E-state index contributed by atoms with van der Waals surface area (Å²) in [6.07, 6.45) is 0. The monoisotopic (exact) mass is 378 g/mol. The van der Waals surface area contributed by atoms with Crippen LogP contribution in [0.5, 0.6) is 0 Å². The van der Waals surface area contributed by atoms with Gasteiger partial charge in [0, 0.05) is 0 Å². The molecule has 3 aromatic carbocycles. The van der Waals surface area contributed by atoms with Crippen molar-refractivity contribution < 1.29 is 9.47 Å². The summed E-state index contributed by atoms with van der Waals surface area (Å²) in [7, 11) is -0.446. The van der Waals surface area contributed by atoms with E-state index in [1.54, 1.807) is 0 Å². The van der Waals surface area contributed by atoms with Crippen molar-refractivity contribution in [2.75, 3.05) is 13.2 Å². The van der Waals surface area contributed by atoms with Crippen molar-refractivity contribution in [2.24, 2.45) is 0 Å². The molecule has 0 saturated carbocycles. The van der Waals surface area contributed by atoms with Gasteiger partial charge >= 0.3 is 0 Å². The van der Waals surface area contributed by atoms with E-state index in [9.17, 15) is 0 Å². The standard InChI is InChI=1S/C18H15P.C6H12O2/c1-4-10-16(11-5-1)19(17-12-6-2-7-13-17)18-14-8-3-9-15-18;1-4-7-6(3)8-5-2/h1-15H;3-5H2,1-2H3. The van der Waals surface area contributed by atoms with Crippen LogP contribution in [-0.2, 0) is 9.47 Å². The molecule has 0 radical (unpaired) electrons. The van der Waals surface area contributed by atoms with E-state index in [0.29, 0.717) is 19.2 Å². The lowest BCUT2D eigenvalue weighted by molar-refractivity contribution is 0.0486. The molecule has 0 atom stereocenters. The molecule has 3 heteroatoms. The Morgan fingerprint density at radius 1 is 0.630 bits per heavy atom. The Bertz CT molecular complexity index is 671. The third-order valence-electron chi connectivity index (χ3n) is 3.65. The van der Waals surface area contributed by atoms with E-state index >= 15 is 0 Å². The van der Waals surface area contributed by atoms with Gasteiger partial charge in [0.1, 0.15) is 0 Å². The number of hydrogen-bond acceptors (Lipinski definition) is 2. The predicted octanol–water partition coefficient (Wildman–Crippen LogP) is 4.98. The zero-order valence-corrected chi connectivity index (χ0v) is 16.9. The zero-order valence-electron chi connectivity index (χ0n) is 16.0. The van der Waals surface area contributed by atoms with Crippen molar-refractivity contribution >= 4 is 23.8 Å². The van der Waals surface area contributed by atoms with E-state index in [1.165, 1.54) is 15.9 Å². The van der Waals surface area contributed by atoms with Crippen LogP contribution in [0.3, 0.4) is 0 Å². The Hall–Kier alpha value is -2.57. The van der Waals surface area contributed by atoms with Gasteiger partial charge in [-0.15, -0.1) is 0 Å². The van der Waals surface area contributed by atoms with Gasteiger partial charge in [0.05, 0.1) is 13.2 Å². The highest BCUT2D eigenvalue weighted by atomic mass is 31.1. The molecule has 140 valence electrons. The molecule has 0 spiro atoms. The summed E-state index contributed by atoms with van der Waals surface area (Å²) in [6, 6.07) is 32.3. The predicted molar refractivity (Wildman–Crippen MR) is 118 cm³/mol. The summed E-state index contributed by atoms with van der Waals surface area (Å²) < 4.78 is 9.73. The van der Waals surface area contributed by atoms with Crippen LogP contribution in [0.1, 0.15) is 13.8 Å². The largest absolute Gasteiger partial charge is 0.466 e. The fourth-order valence-corrected chi connectivity index (χ4v) is 4.85. The minimum Gasteiger partial charge on any atom is -0.466 e. The molecule has 0 amide bonds. The Labute approximate surface area is 164 Å². The van der Waals surface area contributed by atoms with Gasteiger partial charge in [-0.2, -0.15) is 0 Å². The fourth-order valence-electron chi connectivity index (χ4n) is 2.54. The van der Waals surface area contributed by atoms with Crippen molar-refractivity contribution in [2.45, 2.75) is 13.8 Å². The van der Waals surface area contributed by atoms with Crippen LogP contribution in [0.15, 0.2) is 104 Å². The third kappa shape index (κ3) is 6.92. The van der Waals surface area contributed by atoms with Gasteiger partial charge in [0.2, 0.25) is 0 Å². The summed E-state index contributed by atoms with van der Waals surface area (Å²) in [4.78, 5) is 0. The van der Waals surface area contributed by atoms with Gasteiger partial charge in [-0.3, -0.25) is 0 Å². The molecule has 0 aromatic heterocycles. The van der Waals surface area contributed by atoms with Gasteiger partial charge in [-0.1, -0.05) is 91.0 Å². The second-order valence-corrected chi connectivity index (χ2v) is 7.80. The van der Waals surface area contributed by atoms with E-state index < -0.39 is 7.92 Å². The van der Waals surface area contributed by atoms with Gasteiger partial charge in [0.25, 0.3) is 5.95 Å². The fraction of sp³-hybridized carbons (Fsp3) is 0.167. The first-order valence-electron chi connectivity index (χ1n) is 9.16. The average molecular weight is 378 g/mol. The van der Waals surface area contributed by atoms with Crippen molar-refractivity contribution in [3.05, 3.63) is 104 Å². The first-order chi connectivity index (χ1) is 13.3. The smallest absolute Gasteiger partial charge is 0.271 e. The van der Waals surface area contributed by atoms with Crippen molar-refractivity contribution in [1.82, 2.24) is 0 Å². The first kappa shape index (κ1) is 20.7. The highest BCUT2D eigenvalue weighted by Gasteiger charge is 2.14. The summed E-state index contributed by atoms with van der Waals surface area (Å²) in [5.41, 5.74) is 0. The van der Waals surface area contributed by atoms with Crippen molar-refractivity contribution in [3.63, 3.8) is 0 Å². The molecule has 2 nitrogen and oxygen atoms in total. The summed E-state index contributed by atoms with van der Waals surface area (Å²) >= 11 is 0.